The number of nitrogen functional groups attached to an aromatic ring is 1. The van der Waals surface area contributed by atoms with Crippen LogP contribution in [-0.4, -0.2) is 23.4 Å². The van der Waals surface area contributed by atoms with Gasteiger partial charge in [0.2, 0.25) is 0 Å². The zero-order chi connectivity index (χ0) is 11.8. The van der Waals surface area contributed by atoms with E-state index < -0.39 is 12.0 Å². The van der Waals surface area contributed by atoms with Crippen molar-refractivity contribution in [2.24, 2.45) is 5.73 Å². The quantitative estimate of drug-likeness (QED) is 0.486. The van der Waals surface area contributed by atoms with Gasteiger partial charge in [-0.15, -0.1) is 0 Å². The third kappa shape index (κ3) is 5.43. The zero-order valence-corrected chi connectivity index (χ0v) is 8.38. The van der Waals surface area contributed by atoms with E-state index in [-0.39, 0.29) is 0 Å². The summed E-state index contributed by atoms with van der Waals surface area (Å²) in [6.07, 6.45) is 0.745. The van der Waals surface area contributed by atoms with Gasteiger partial charge in [-0.05, 0) is 19.1 Å². The third-order valence-corrected chi connectivity index (χ3v) is 1.51. The lowest BCUT2D eigenvalue weighted by Crippen LogP contribution is -2.25. The van der Waals surface area contributed by atoms with E-state index in [9.17, 15) is 9.59 Å². The van der Waals surface area contributed by atoms with Gasteiger partial charge in [0.05, 0.1) is 0 Å². The van der Waals surface area contributed by atoms with Crippen molar-refractivity contribution in [1.82, 2.24) is 0 Å². The first kappa shape index (κ1) is 13.1. The molecule has 0 aliphatic rings. The fourth-order valence-electron chi connectivity index (χ4n) is 0.618. The highest BCUT2D eigenvalue weighted by Crippen LogP contribution is 2.05. The summed E-state index contributed by atoms with van der Waals surface area (Å²) in [5, 5.41) is 7.87. The summed E-state index contributed by atoms with van der Waals surface area (Å²) in [7, 11) is 0. The lowest BCUT2D eigenvalue weighted by Gasteiger charge is -1.92. The van der Waals surface area contributed by atoms with Crippen molar-refractivity contribution in [2.75, 3.05) is 5.73 Å². The number of hydrogen-bond acceptors (Lipinski definition) is 4. The van der Waals surface area contributed by atoms with Gasteiger partial charge in [-0.2, -0.15) is 0 Å². The van der Waals surface area contributed by atoms with E-state index in [1.165, 1.54) is 6.92 Å². The van der Waals surface area contributed by atoms with Crippen LogP contribution in [0.3, 0.4) is 0 Å². The van der Waals surface area contributed by atoms with Gasteiger partial charge in [-0.3, -0.25) is 9.59 Å². The van der Waals surface area contributed by atoms with Gasteiger partial charge in [0.1, 0.15) is 6.04 Å². The molecule has 0 fully saturated rings. The predicted octanol–water partition coefficient (Wildman–Crippen LogP) is 0.500. The second-order valence-electron chi connectivity index (χ2n) is 2.87. The van der Waals surface area contributed by atoms with Crippen LogP contribution in [0.5, 0.6) is 0 Å². The molecule has 0 heterocycles. The summed E-state index contributed by atoms with van der Waals surface area (Å²) >= 11 is 0. The smallest absolute Gasteiger partial charge is 0.320 e. The molecule has 5 N–H and O–H groups in total. The zero-order valence-electron chi connectivity index (χ0n) is 8.38. The van der Waals surface area contributed by atoms with E-state index in [0.717, 1.165) is 6.29 Å². The molecule has 0 aliphatic heterocycles. The van der Waals surface area contributed by atoms with Crippen molar-refractivity contribution < 1.29 is 14.7 Å². The Kier molecular flexibility index (Phi) is 5.73. The lowest BCUT2D eigenvalue weighted by molar-refractivity contribution is -0.138. The molecule has 0 aromatic heterocycles. The SMILES string of the molecule is C[C@H](N)C(=O)O.Nc1ccccc1C=O. The van der Waals surface area contributed by atoms with Gasteiger partial charge in [0.15, 0.2) is 6.29 Å². The minimum atomic E-state index is -0.963. The Bertz CT molecular complexity index is 337. The van der Waals surface area contributed by atoms with E-state index in [4.69, 9.17) is 16.6 Å². The van der Waals surface area contributed by atoms with E-state index in [0.29, 0.717) is 11.3 Å². The van der Waals surface area contributed by atoms with Crippen molar-refractivity contribution in [3.05, 3.63) is 29.8 Å². The second kappa shape index (κ2) is 6.56. The Morgan fingerprint density at radius 1 is 1.47 bits per heavy atom. The Labute approximate surface area is 87.7 Å². The van der Waals surface area contributed by atoms with Crippen LogP contribution in [0.2, 0.25) is 0 Å². The van der Waals surface area contributed by atoms with Gasteiger partial charge >= 0.3 is 5.97 Å². The molecule has 0 spiro atoms. The van der Waals surface area contributed by atoms with Gasteiger partial charge in [-0.25, -0.2) is 0 Å². The molecule has 1 aromatic carbocycles. The predicted molar refractivity (Wildman–Crippen MR) is 57.5 cm³/mol. The molecule has 1 rings (SSSR count). The number of anilines is 1. The Morgan fingerprint density at radius 3 is 2.20 bits per heavy atom. The molecule has 0 saturated carbocycles. The number of rotatable bonds is 2. The number of para-hydroxylation sites is 1. The average molecular weight is 210 g/mol. The van der Waals surface area contributed by atoms with Crippen molar-refractivity contribution in [1.29, 1.82) is 0 Å². The summed E-state index contributed by atoms with van der Waals surface area (Å²) in [5.41, 5.74) is 11.3. The second-order valence-corrected chi connectivity index (χ2v) is 2.87. The monoisotopic (exact) mass is 210 g/mol. The fourth-order valence-corrected chi connectivity index (χ4v) is 0.618. The minimum Gasteiger partial charge on any atom is -0.480 e. The van der Waals surface area contributed by atoms with Gasteiger partial charge < -0.3 is 16.6 Å². The van der Waals surface area contributed by atoms with Crippen LogP contribution < -0.4 is 11.5 Å². The summed E-state index contributed by atoms with van der Waals surface area (Å²) < 4.78 is 0. The largest absolute Gasteiger partial charge is 0.480 e. The maximum atomic E-state index is 10.1. The van der Waals surface area contributed by atoms with Crippen LogP contribution in [0.25, 0.3) is 0 Å². The highest BCUT2D eigenvalue weighted by atomic mass is 16.4. The summed E-state index contributed by atoms with van der Waals surface area (Å²) in [5.74, 6) is -0.963. The van der Waals surface area contributed by atoms with E-state index in [1.807, 2.05) is 0 Å². The Balaban J connectivity index is 0.000000288. The number of carboxylic acids is 1. The van der Waals surface area contributed by atoms with Gasteiger partial charge in [0, 0.05) is 11.3 Å². The number of aliphatic carboxylic acids is 1. The number of hydrogen-bond donors (Lipinski definition) is 3. The molecule has 15 heavy (non-hydrogen) atoms. The Hall–Kier alpha value is -1.88. The Morgan fingerprint density at radius 2 is 1.93 bits per heavy atom. The molecule has 0 amide bonds. The van der Waals surface area contributed by atoms with Gasteiger partial charge in [-0.1, -0.05) is 12.1 Å². The maximum absolute atomic E-state index is 10.1. The molecule has 0 radical (unpaired) electrons. The topological polar surface area (TPSA) is 106 Å². The molecule has 5 nitrogen and oxygen atoms in total. The number of aldehydes is 1. The van der Waals surface area contributed by atoms with E-state index in [2.05, 4.69) is 0 Å². The summed E-state index contributed by atoms with van der Waals surface area (Å²) in [4.78, 5) is 19.7. The van der Waals surface area contributed by atoms with Crippen molar-refractivity contribution >= 4 is 17.9 Å². The molecule has 1 atom stereocenters. The van der Waals surface area contributed by atoms with Crippen LogP contribution in [-0.2, 0) is 4.79 Å². The maximum Gasteiger partial charge on any atom is 0.320 e. The number of carbonyl (C=O) groups is 2. The molecule has 0 bridgehead atoms. The van der Waals surface area contributed by atoms with Crippen LogP contribution in [0.15, 0.2) is 24.3 Å². The summed E-state index contributed by atoms with van der Waals surface area (Å²) in [6, 6.07) is 6.22. The highest BCUT2D eigenvalue weighted by molar-refractivity contribution is 5.82. The normalized spacial score (nSPS) is 10.8. The average Bonchev–Trinajstić information content (AvgIpc) is 2.19. The molecule has 0 aliphatic carbocycles. The number of carbonyl (C=O) groups excluding carboxylic acids is 1. The van der Waals surface area contributed by atoms with Crippen LogP contribution in [0.4, 0.5) is 5.69 Å². The van der Waals surface area contributed by atoms with Crippen LogP contribution in [0, 0.1) is 0 Å². The lowest BCUT2D eigenvalue weighted by atomic mass is 10.2. The fraction of sp³-hybridized carbons (Fsp3) is 0.200. The number of benzene rings is 1. The van der Waals surface area contributed by atoms with Crippen LogP contribution >= 0.6 is 0 Å². The highest BCUT2D eigenvalue weighted by Gasteiger charge is 1.99. The van der Waals surface area contributed by atoms with Crippen molar-refractivity contribution in [2.45, 2.75) is 13.0 Å². The molecule has 0 saturated heterocycles. The first-order valence-electron chi connectivity index (χ1n) is 4.27. The first-order chi connectivity index (χ1) is 6.99. The van der Waals surface area contributed by atoms with Gasteiger partial charge in [0.25, 0.3) is 0 Å². The minimum absolute atomic E-state index is 0.535. The molecule has 5 heteroatoms. The van der Waals surface area contributed by atoms with E-state index in [1.54, 1.807) is 24.3 Å². The van der Waals surface area contributed by atoms with Crippen LogP contribution in [0.1, 0.15) is 17.3 Å². The molecular weight excluding hydrogens is 196 g/mol. The first-order valence-corrected chi connectivity index (χ1v) is 4.27. The molecule has 1 aromatic rings. The molecule has 82 valence electrons. The van der Waals surface area contributed by atoms with Crippen molar-refractivity contribution in [3.8, 4) is 0 Å². The third-order valence-electron chi connectivity index (χ3n) is 1.51. The number of carboxylic acid groups (broad SMARTS) is 1. The number of nitrogens with two attached hydrogens (primary N) is 2. The van der Waals surface area contributed by atoms with E-state index >= 15 is 0 Å². The molecule has 0 unspecified atom stereocenters. The van der Waals surface area contributed by atoms with Crippen molar-refractivity contribution in [3.63, 3.8) is 0 Å². The standard InChI is InChI=1S/C7H7NO.C3H7NO2/c8-7-4-2-1-3-6(7)5-9;1-2(4)3(5)6/h1-5H,8H2;2H,4H2,1H3,(H,5,6)/t;2-/m.0/s1. The molecular formula is C10H14N2O3. The summed E-state index contributed by atoms with van der Waals surface area (Å²) in [6.45, 7) is 1.42.